The summed E-state index contributed by atoms with van der Waals surface area (Å²) in [6.45, 7) is 3.90. The maximum atomic E-state index is 14.1. The fourth-order valence-corrected chi connectivity index (χ4v) is 5.58. The van der Waals surface area contributed by atoms with Gasteiger partial charge in [0, 0.05) is 29.6 Å². The topological polar surface area (TPSA) is 94.7 Å². The van der Waals surface area contributed by atoms with E-state index in [9.17, 15) is 14.4 Å². The van der Waals surface area contributed by atoms with Gasteiger partial charge in [-0.05, 0) is 41.5 Å². The number of para-hydroxylation sites is 2. The Balaban J connectivity index is 1.50. The summed E-state index contributed by atoms with van der Waals surface area (Å²) in [6, 6.07) is 20.4. The van der Waals surface area contributed by atoms with Gasteiger partial charge in [-0.3, -0.25) is 14.5 Å². The highest BCUT2D eigenvalue weighted by Crippen LogP contribution is 2.45. The molecule has 0 unspecified atom stereocenters. The quantitative estimate of drug-likeness (QED) is 0.296. The highest BCUT2D eigenvalue weighted by molar-refractivity contribution is 6.24. The van der Waals surface area contributed by atoms with Crippen molar-refractivity contribution in [3.8, 4) is 5.75 Å². The summed E-state index contributed by atoms with van der Waals surface area (Å²) in [5, 5.41) is 3.77. The number of hydrogen-bond donors (Lipinski definition) is 2. The smallest absolute Gasteiger partial charge is 0.332 e. The van der Waals surface area contributed by atoms with Crippen molar-refractivity contribution in [2.75, 3.05) is 18.6 Å². The number of fused-ring (bicyclic) bond motifs is 4. The number of aromatic amines is 1. The molecule has 38 heavy (non-hydrogen) atoms. The third kappa shape index (κ3) is 3.56. The number of methoxy groups -OCH3 is 1. The second kappa shape index (κ2) is 9.23. The van der Waals surface area contributed by atoms with Crippen LogP contribution in [-0.4, -0.2) is 47.4 Å². The van der Waals surface area contributed by atoms with Crippen molar-refractivity contribution in [3.63, 3.8) is 0 Å². The number of amides is 4. The van der Waals surface area contributed by atoms with Crippen LogP contribution in [0.1, 0.15) is 33.2 Å². The van der Waals surface area contributed by atoms with Gasteiger partial charge in [0.05, 0.1) is 18.4 Å². The molecule has 0 aliphatic carbocycles. The van der Waals surface area contributed by atoms with Crippen molar-refractivity contribution in [3.05, 3.63) is 108 Å². The summed E-state index contributed by atoms with van der Waals surface area (Å²) in [7, 11) is 1.60. The van der Waals surface area contributed by atoms with Gasteiger partial charge in [-0.25, -0.2) is 9.69 Å². The first-order valence-corrected chi connectivity index (χ1v) is 12.4. The van der Waals surface area contributed by atoms with E-state index in [1.807, 2.05) is 48.5 Å². The van der Waals surface area contributed by atoms with E-state index in [0.717, 1.165) is 32.6 Å². The van der Waals surface area contributed by atoms with Gasteiger partial charge in [-0.2, -0.15) is 0 Å². The van der Waals surface area contributed by atoms with E-state index < -0.39 is 18.1 Å². The highest BCUT2D eigenvalue weighted by Gasteiger charge is 2.53. The lowest BCUT2D eigenvalue weighted by atomic mass is 9.89. The number of benzene rings is 3. The van der Waals surface area contributed by atoms with E-state index in [2.05, 4.69) is 16.9 Å². The van der Waals surface area contributed by atoms with Crippen LogP contribution in [0.4, 0.5) is 10.5 Å². The van der Waals surface area contributed by atoms with Crippen LogP contribution in [0.2, 0.25) is 0 Å². The number of anilines is 1. The predicted molar refractivity (Wildman–Crippen MR) is 144 cm³/mol. The number of urea groups is 1. The summed E-state index contributed by atoms with van der Waals surface area (Å²) >= 11 is 0. The molecular formula is C30H26N4O4. The molecule has 8 heteroatoms. The van der Waals surface area contributed by atoms with Crippen LogP contribution in [0.15, 0.2) is 85.5 Å². The number of hydrogen-bond acceptors (Lipinski definition) is 4. The van der Waals surface area contributed by atoms with Crippen LogP contribution in [0, 0.1) is 0 Å². The lowest BCUT2D eigenvalue weighted by Crippen LogP contribution is -2.44. The Morgan fingerprint density at radius 1 is 1.11 bits per heavy atom. The molecule has 2 aliphatic rings. The standard InChI is InChI=1S/C30H26N4O4/c1-3-15-31-28(35)21-12-5-7-14-24(21)34-29(36)25-17-22-20-11-4-6-13-23(20)32-26(22)27(33(25)30(34)37)18-9-8-10-19(16-18)38-2/h3-14,16,25,27,32H,1,15,17H2,2H3,(H,31,35)/t25-,27+/m0/s1. The van der Waals surface area contributed by atoms with E-state index in [-0.39, 0.29) is 29.6 Å². The number of carbonyl (C=O) groups excluding carboxylic acids is 3. The molecular weight excluding hydrogens is 480 g/mol. The normalized spacial score (nSPS) is 18.3. The summed E-state index contributed by atoms with van der Waals surface area (Å²) in [4.78, 5) is 47.3. The Kier molecular flexibility index (Phi) is 5.72. The number of nitrogens with one attached hydrogen (secondary N) is 2. The second-order valence-electron chi connectivity index (χ2n) is 9.34. The first-order valence-electron chi connectivity index (χ1n) is 12.4. The van der Waals surface area contributed by atoms with Gasteiger partial charge in [0.1, 0.15) is 17.8 Å². The summed E-state index contributed by atoms with van der Waals surface area (Å²) in [6.07, 6.45) is 1.94. The molecule has 3 heterocycles. The first kappa shape index (κ1) is 23.5. The Bertz CT molecular complexity index is 1610. The van der Waals surface area contributed by atoms with E-state index in [1.165, 1.54) is 0 Å². The number of H-pyrrole nitrogens is 1. The Hall–Kier alpha value is -4.85. The molecule has 8 nitrogen and oxygen atoms in total. The van der Waals surface area contributed by atoms with E-state index in [0.29, 0.717) is 12.2 Å². The largest absolute Gasteiger partial charge is 0.497 e. The number of rotatable bonds is 6. The lowest BCUT2D eigenvalue weighted by Gasteiger charge is -2.36. The minimum atomic E-state index is -0.727. The second-order valence-corrected chi connectivity index (χ2v) is 9.34. The molecule has 4 amide bonds. The zero-order chi connectivity index (χ0) is 26.4. The van der Waals surface area contributed by atoms with Crippen molar-refractivity contribution in [2.45, 2.75) is 18.5 Å². The van der Waals surface area contributed by atoms with Gasteiger partial charge in [0.2, 0.25) is 0 Å². The van der Waals surface area contributed by atoms with E-state index in [4.69, 9.17) is 4.74 Å². The zero-order valence-electron chi connectivity index (χ0n) is 20.8. The van der Waals surface area contributed by atoms with Crippen molar-refractivity contribution < 1.29 is 19.1 Å². The third-order valence-electron chi connectivity index (χ3n) is 7.26. The van der Waals surface area contributed by atoms with Gasteiger partial charge >= 0.3 is 6.03 Å². The van der Waals surface area contributed by atoms with Crippen LogP contribution in [0.25, 0.3) is 10.9 Å². The molecule has 1 fully saturated rings. The minimum absolute atomic E-state index is 0.248. The SMILES string of the molecule is C=CCNC(=O)c1ccccc1N1C(=O)[C@@H]2Cc3c([nH]c4ccccc34)[C@@H](c3cccc(OC)c3)N2C1=O. The zero-order valence-corrected chi connectivity index (χ0v) is 20.8. The van der Waals surface area contributed by atoms with Crippen molar-refractivity contribution >= 4 is 34.4 Å². The number of carbonyl (C=O) groups is 3. The fourth-order valence-electron chi connectivity index (χ4n) is 5.58. The molecule has 6 rings (SSSR count). The predicted octanol–water partition coefficient (Wildman–Crippen LogP) is 4.58. The molecule has 1 saturated heterocycles. The average Bonchev–Trinajstić information content (AvgIpc) is 3.44. The number of ether oxygens (including phenoxy) is 1. The third-order valence-corrected chi connectivity index (χ3v) is 7.26. The molecule has 1 aromatic heterocycles. The maximum absolute atomic E-state index is 14.1. The number of imide groups is 1. The van der Waals surface area contributed by atoms with Gasteiger partial charge in [0.25, 0.3) is 11.8 Å². The molecule has 190 valence electrons. The molecule has 0 radical (unpaired) electrons. The van der Waals surface area contributed by atoms with Crippen molar-refractivity contribution in [1.82, 2.24) is 15.2 Å². The van der Waals surface area contributed by atoms with Gasteiger partial charge in [-0.15, -0.1) is 6.58 Å². The van der Waals surface area contributed by atoms with Crippen LogP contribution in [0.3, 0.4) is 0 Å². The van der Waals surface area contributed by atoms with Crippen LogP contribution >= 0.6 is 0 Å². The van der Waals surface area contributed by atoms with E-state index in [1.54, 1.807) is 42.4 Å². The van der Waals surface area contributed by atoms with Gasteiger partial charge in [-0.1, -0.05) is 48.5 Å². The van der Waals surface area contributed by atoms with Crippen molar-refractivity contribution in [1.29, 1.82) is 0 Å². The van der Waals surface area contributed by atoms with E-state index >= 15 is 0 Å². The van der Waals surface area contributed by atoms with Crippen LogP contribution in [0.5, 0.6) is 5.75 Å². The first-order chi connectivity index (χ1) is 18.5. The number of nitrogens with zero attached hydrogens (tertiary/aromatic N) is 2. The Labute approximate surface area is 219 Å². The maximum Gasteiger partial charge on any atom is 0.332 e. The molecule has 3 aromatic carbocycles. The molecule has 0 spiro atoms. The molecule has 2 atom stereocenters. The molecule has 2 N–H and O–H groups in total. The summed E-state index contributed by atoms with van der Waals surface area (Å²) in [5.74, 6) is -0.0873. The fraction of sp³-hybridized carbons (Fsp3) is 0.167. The number of aromatic nitrogens is 1. The monoisotopic (exact) mass is 506 g/mol. The van der Waals surface area contributed by atoms with Crippen LogP contribution < -0.4 is 15.0 Å². The lowest BCUT2D eigenvalue weighted by molar-refractivity contribution is -0.120. The Morgan fingerprint density at radius 2 is 1.89 bits per heavy atom. The Morgan fingerprint density at radius 3 is 2.71 bits per heavy atom. The molecule has 4 aromatic rings. The van der Waals surface area contributed by atoms with Gasteiger partial charge < -0.3 is 15.0 Å². The minimum Gasteiger partial charge on any atom is -0.497 e. The summed E-state index contributed by atoms with van der Waals surface area (Å²) in [5.41, 5.74) is 4.16. The van der Waals surface area contributed by atoms with Crippen LogP contribution in [-0.2, 0) is 11.2 Å². The van der Waals surface area contributed by atoms with Gasteiger partial charge in [0.15, 0.2) is 0 Å². The molecule has 0 saturated carbocycles. The highest BCUT2D eigenvalue weighted by atomic mass is 16.5. The average molecular weight is 507 g/mol. The summed E-state index contributed by atoms with van der Waals surface area (Å²) < 4.78 is 5.47. The molecule has 0 bridgehead atoms. The van der Waals surface area contributed by atoms with Crippen molar-refractivity contribution in [2.24, 2.45) is 0 Å². The molecule has 2 aliphatic heterocycles.